The monoisotopic (exact) mass is 245 g/mol. The number of hydrogen-bond donors (Lipinski definition) is 0. The Morgan fingerprint density at radius 1 is 1.60 bits per heavy atom. The second-order valence-corrected chi connectivity index (χ2v) is 4.36. The smallest absolute Gasteiger partial charge is 0.306 e. The number of carbonyl (C=O) groups excluding carboxylic acids is 1. The van der Waals surface area contributed by atoms with Crippen LogP contribution in [0.5, 0.6) is 0 Å². The highest BCUT2D eigenvalue weighted by atomic mass is 35.5. The molecule has 0 unspecified atom stereocenters. The first-order chi connectivity index (χ1) is 7.22. The number of methoxy groups -OCH3 is 1. The molecule has 0 saturated carbocycles. The molecule has 0 aliphatic rings. The lowest BCUT2D eigenvalue weighted by Gasteiger charge is -2.01. The molecular weight excluding hydrogens is 234 g/mol. The molecule has 1 aromatic heterocycles. The zero-order valence-corrected chi connectivity index (χ0v) is 9.98. The number of aromatic nitrogens is 1. The second-order valence-electron chi connectivity index (χ2n) is 2.87. The predicted octanol–water partition coefficient (Wildman–Crippen LogP) is 2.53. The maximum Gasteiger partial charge on any atom is 0.306 e. The lowest BCUT2D eigenvalue weighted by molar-refractivity contribution is -0.140. The van der Waals surface area contributed by atoms with Gasteiger partial charge in [0.05, 0.1) is 13.5 Å². The van der Waals surface area contributed by atoms with Gasteiger partial charge in [-0.15, -0.1) is 0 Å². The van der Waals surface area contributed by atoms with Crippen LogP contribution in [0.4, 0.5) is 0 Å². The van der Waals surface area contributed by atoms with Crippen molar-refractivity contribution in [3.05, 3.63) is 29.0 Å². The fourth-order valence-corrected chi connectivity index (χ4v) is 1.91. The summed E-state index contributed by atoms with van der Waals surface area (Å²) in [5, 5.41) is 0.498. The Morgan fingerprint density at radius 3 is 3.00 bits per heavy atom. The minimum Gasteiger partial charge on any atom is -0.469 e. The Balaban J connectivity index is 2.20. The van der Waals surface area contributed by atoms with E-state index in [0.717, 1.165) is 17.1 Å². The lowest BCUT2D eigenvalue weighted by atomic mass is 10.3. The Bertz CT molecular complexity index is 316. The van der Waals surface area contributed by atoms with Crippen LogP contribution >= 0.6 is 23.4 Å². The summed E-state index contributed by atoms with van der Waals surface area (Å²) in [6.45, 7) is 0. The van der Waals surface area contributed by atoms with E-state index in [4.69, 9.17) is 11.6 Å². The third-order valence-electron chi connectivity index (χ3n) is 1.74. The molecule has 0 N–H and O–H groups in total. The summed E-state index contributed by atoms with van der Waals surface area (Å²) >= 11 is 7.33. The summed E-state index contributed by atoms with van der Waals surface area (Å²) in [4.78, 5) is 14.8. The molecule has 0 saturated heterocycles. The Hall–Kier alpha value is -0.740. The maximum absolute atomic E-state index is 10.8. The van der Waals surface area contributed by atoms with Crippen molar-refractivity contribution < 1.29 is 9.53 Å². The van der Waals surface area contributed by atoms with Crippen LogP contribution in [0.25, 0.3) is 0 Å². The summed E-state index contributed by atoms with van der Waals surface area (Å²) < 4.78 is 4.54. The van der Waals surface area contributed by atoms with Gasteiger partial charge in [0.1, 0.15) is 5.15 Å². The third-order valence-corrected chi connectivity index (χ3v) is 2.99. The minimum atomic E-state index is -0.170. The molecule has 1 heterocycles. The number of pyridine rings is 1. The van der Waals surface area contributed by atoms with Gasteiger partial charge < -0.3 is 4.74 Å². The molecule has 0 atom stereocenters. The average molecular weight is 246 g/mol. The SMILES string of the molecule is COC(=O)CCSCc1ccc(Cl)nc1. The van der Waals surface area contributed by atoms with Gasteiger partial charge in [0, 0.05) is 17.7 Å². The van der Waals surface area contributed by atoms with E-state index in [1.54, 1.807) is 24.0 Å². The van der Waals surface area contributed by atoms with Crippen LogP contribution in [0, 0.1) is 0 Å². The highest BCUT2D eigenvalue weighted by molar-refractivity contribution is 7.98. The number of thioether (sulfide) groups is 1. The first-order valence-electron chi connectivity index (χ1n) is 4.47. The molecule has 1 aromatic rings. The number of nitrogens with zero attached hydrogens (tertiary/aromatic N) is 1. The molecule has 0 bridgehead atoms. The zero-order valence-electron chi connectivity index (χ0n) is 8.40. The van der Waals surface area contributed by atoms with Crippen LogP contribution in [0.15, 0.2) is 18.3 Å². The number of hydrogen-bond acceptors (Lipinski definition) is 4. The van der Waals surface area contributed by atoms with E-state index in [2.05, 4.69) is 9.72 Å². The average Bonchev–Trinajstić information content (AvgIpc) is 2.26. The number of ether oxygens (including phenoxy) is 1. The fraction of sp³-hybridized carbons (Fsp3) is 0.400. The lowest BCUT2D eigenvalue weighted by Crippen LogP contribution is -2.01. The van der Waals surface area contributed by atoms with Crippen molar-refractivity contribution in [2.75, 3.05) is 12.9 Å². The van der Waals surface area contributed by atoms with Gasteiger partial charge in [-0.2, -0.15) is 11.8 Å². The van der Waals surface area contributed by atoms with E-state index in [0.29, 0.717) is 11.6 Å². The van der Waals surface area contributed by atoms with Crippen molar-refractivity contribution in [2.45, 2.75) is 12.2 Å². The highest BCUT2D eigenvalue weighted by Gasteiger charge is 2.00. The van der Waals surface area contributed by atoms with E-state index in [-0.39, 0.29) is 5.97 Å². The highest BCUT2D eigenvalue weighted by Crippen LogP contribution is 2.14. The van der Waals surface area contributed by atoms with Crippen LogP contribution in [0.1, 0.15) is 12.0 Å². The largest absolute Gasteiger partial charge is 0.469 e. The number of carbonyl (C=O) groups is 1. The topological polar surface area (TPSA) is 39.2 Å². The molecule has 0 spiro atoms. The fourth-order valence-electron chi connectivity index (χ4n) is 0.939. The molecule has 82 valence electrons. The molecular formula is C10H12ClNO2S. The Kier molecular flexibility index (Phi) is 5.50. The quantitative estimate of drug-likeness (QED) is 0.454. The van der Waals surface area contributed by atoms with Crippen LogP contribution < -0.4 is 0 Å². The first kappa shape index (κ1) is 12.3. The predicted molar refractivity (Wildman–Crippen MR) is 62.0 cm³/mol. The summed E-state index contributed by atoms with van der Waals surface area (Å²) in [6, 6.07) is 3.69. The van der Waals surface area contributed by atoms with Crippen LogP contribution in [-0.2, 0) is 15.3 Å². The van der Waals surface area contributed by atoms with Crippen LogP contribution in [-0.4, -0.2) is 23.8 Å². The van der Waals surface area contributed by atoms with Crippen molar-refractivity contribution in [3.63, 3.8) is 0 Å². The molecule has 0 aliphatic heterocycles. The summed E-state index contributed by atoms with van der Waals surface area (Å²) in [6.07, 6.45) is 2.19. The summed E-state index contributed by atoms with van der Waals surface area (Å²) in [5.41, 5.74) is 1.11. The molecule has 0 fully saturated rings. The van der Waals surface area contributed by atoms with Gasteiger partial charge in [-0.1, -0.05) is 17.7 Å². The molecule has 0 amide bonds. The molecule has 1 rings (SSSR count). The van der Waals surface area contributed by atoms with Gasteiger partial charge in [0.25, 0.3) is 0 Å². The molecule has 3 nitrogen and oxygen atoms in total. The maximum atomic E-state index is 10.8. The van der Waals surface area contributed by atoms with Crippen LogP contribution in [0.2, 0.25) is 5.15 Å². The van der Waals surface area contributed by atoms with Gasteiger partial charge in [-0.25, -0.2) is 4.98 Å². The third kappa shape index (κ3) is 5.04. The van der Waals surface area contributed by atoms with E-state index < -0.39 is 0 Å². The molecule has 0 radical (unpaired) electrons. The van der Waals surface area contributed by atoms with Gasteiger partial charge in [-0.05, 0) is 11.6 Å². The first-order valence-corrected chi connectivity index (χ1v) is 6.00. The van der Waals surface area contributed by atoms with Crippen molar-refractivity contribution in [1.82, 2.24) is 4.98 Å². The molecule has 5 heteroatoms. The Morgan fingerprint density at radius 2 is 2.40 bits per heavy atom. The molecule has 0 aliphatic carbocycles. The van der Waals surface area contributed by atoms with Crippen molar-refractivity contribution in [1.29, 1.82) is 0 Å². The zero-order chi connectivity index (χ0) is 11.1. The van der Waals surface area contributed by atoms with Crippen molar-refractivity contribution in [2.24, 2.45) is 0 Å². The minimum absolute atomic E-state index is 0.170. The van der Waals surface area contributed by atoms with E-state index in [1.807, 2.05) is 6.07 Å². The Labute approximate surface area is 98.2 Å². The number of esters is 1. The van der Waals surface area contributed by atoms with Gasteiger partial charge >= 0.3 is 5.97 Å². The standard InChI is InChI=1S/C10H12ClNO2S/c1-14-10(13)4-5-15-7-8-2-3-9(11)12-6-8/h2-3,6H,4-5,7H2,1H3. The second kappa shape index (κ2) is 6.69. The van der Waals surface area contributed by atoms with Gasteiger partial charge in [0.2, 0.25) is 0 Å². The van der Waals surface area contributed by atoms with Crippen molar-refractivity contribution in [3.8, 4) is 0 Å². The van der Waals surface area contributed by atoms with E-state index >= 15 is 0 Å². The van der Waals surface area contributed by atoms with E-state index in [9.17, 15) is 4.79 Å². The van der Waals surface area contributed by atoms with Gasteiger partial charge in [0.15, 0.2) is 0 Å². The summed E-state index contributed by atoms with van der Waals surface area (Å²) in [5.74, 6) is 1.42. The molecule has 15 heavy (non-hydrogen) atoms. The molecule has 0 aromatic carbocycles. The normalized spacial score (nSPS) is 10.0. The van der Waals surface area contributed by atoms with E-state index in [1.165, 1.54) is 7.11 Å². The van der Waals surface area contributed by atoms with Gasteiger partial charge in [-0.3, -0.25) is 4.79 Å². The number of halogens is 1. The van der Waals surface area contributed by atoms with Crippen LogP contribution in [0.3, 0.4) is 0 Å². The van der Waals surface area contributed by atoms with Crippen molar-refractivity contribution >= 4 is 29.3 Å². The summed E-state index contributed by atoms with van der Waals surface area (Å²) in [7, 11) is 1.40. The number of rotatable bonds is 5.